The molecule has 19 heavy (non-hydrogen) atoms. The van der Waals surface area contributed by atoms with Gasteiger partial charge in [0.1, 0.15) is 17.3 Å². The predicted octanol–water partition coefficient (Wildman–Crippen LogP) is 4.64. The molecule has 0 heterocycles. The molecule has 0 aliphatic rings. The molecule has 2 rings (SSSR count). The second-order valence-corrected chi connectivity index (χ2v) is 4.77. The fraction of sp³-hybridized carbons (Fsp3) is 0.143. The highest BCUT2D eigenvalue weighted by Crippen LogP contribution is 2.33. The Morgan fingerprint density at radius 1 is 1.16 bits per heavy atom. The van der Waals surface area contributed by atoms with Crippen LogP contribution in [-0.4, -0.2) is 7.05 Å². The maximum Gasteiger partial charge on any atom is 0.146 e. The molecule has 0 aliphatic heterocycles. The molecule has 2 nitrogen and oxygen atoms in total. The molecule has 5 heteroatoms. The first kappa shape index (κ1) is 14.1. The number of ether oxygens (including phenoxy) is 1. The maximum atomic E-state index is 13.7. The van der Waals surface area contributed by atoms with Gasteiger partial charge in [0, 0.05) is 17.1 Å². The first-order valence-corrected chi connectivity index (χ1v) is 6.42. The third-order valence-corrected chi connectivity index (χ3v) is 3.07. The number of rotatable bonds is 4. The van der Waals surface area contributed by atoms with Gasteiger partial charge in [-0.25, -0.2) is 4.39 Å². The molecule has 2 aromatic carbocycles. The first-order valence-electron chi connectivity index (χ1n) is 5.66. The number of nitrogens with one attached hydrogen (secondary N) is 1. The van der Waals surface area contributed by atoms with E-state index in [1.807, 2.05) is 0 Å². The molecule has 0 aliphatic carbocycles. The third-order valence-electron chi connectivity index (χ3n) is 2.54. The molecule has 2 aromatic rings. The average Bonchev–Trinajstić information content (AvgIpc) is 2.37. The Bertz CT molecular complexity index is 590. The van der Waals surface area contributed by atoms with Gasteiger partial charge in [-0.1, -0.05) is 29.3 Å². The highest BCUT2D eigenvalue weighted by Gasteiger charge is 2.11. The van der Waals surface area contributed by atoms with Crippen molar-refractivity contribution < 1.29 is 9.13 Å². The maximum absolute atomic E-state index is 13.7. The zero-order valence-corrected chi connectivity index (χ0v) is 11.7. The summed E-state index contributed by atoms with van der Waals surface area (Å²) in [6, 6.07) is 9.57. The largest absolute Gasteiger partial charge is 0.455 e. The molecular weight excluding hydrogens is 288 g/mol. The smallest absolute Gasteiger partial charge is 0.146 e. The van der Waals surface area contributed by atoms with Crippen molar-refractivity contribution in [2.75, 3.05) is 7.05 Å². The Labute approximate surface area is 121 Å². The van der Waals surface area contributed by atoms with E-state index >= 15 is 0 Å². The van der Waals surface area contributed by atoms with E-state index in [1.54, 1.807) is 37.4 Å². The van der Waals surface area contributed by atoms with E-state index in [0.717, 1.165) is 0 Å². The van der Waals surface area contributed by atoms with E-state index in [-0.39, 0.29) is 5.82 Å². The molecule has 100 valence electrons. The molecule has 0 unspecified atom stereocenters. The Balaban J connectivity index is 2.35. The van der Waals surface area contributed by atoms with Crippen LogP contribution in [0.2, 0.25) is 10.0 Å². The molecule has 0 fully saturated rings. The van der Waals surface area contributed by atoms with E-state index in [0.29, 0.717) is 33.7 Å². The third kappa shape index (κ3) is 3.38. The molecule has 0 saturated carbocycles. The first-order chi connectivity index (χ1) is 9.11. The van der Waals surface area contributed by atoms with Gasteiger partial charge in [-0.15, -0.1) is 0 Å². The Morgan fingerprint density at radius 2 is 1.95 bits per heavy atom. The van der Waals surface area contributed by atoms with Crippen molar-refractivity contribution in [2.24, 2.45) is 0 Å². The monoisotopic (exact) mass is 299 g/mol. The van der Waals surface area contributed by atoms with E-state index in [2.05, 4.69) is 5.32 Å². The van der Waals surface area contributed by atoms with Crippen LogP contribution in [0.25, 0.3) is 0 Å². The lowest BCUT2D eigenvalue weighted by atomic mass is 10.2. The highest BCUT2D eigenvalue weighted by molar-refractivity contribution is 6.35. The van der Waals surface area contributed by atoms with E-state index in [4.69, 9.17) is 27.9 Å². The zero-order chi connectivity index (χ0) is 13.8. The van der Waals surface area contributed by atoms with Crippen LogP contribution in [0.5, 0.6) is 11.5 Å². The van der Waals surface area contributed by atoms with Crippen LogP contribution < -0.4 is 10.1 Å². The number of hydrogen-bond acceptors (Lipinski definition) is 2. The number of hydrogen-bond donors (Lipinski definition) is 1. The number of halogens is 3. The zero-order valence-electron chi connectivity index (χ0n) is 10.2. The molecule has 0 amide bonds. The van der Waals surface area contributed by atoms with Gasteiger partial charge >= 0.3 is 0 Å². The summed E-state index contributed by atoms with van der Waals surface area (Å²) in [5.74, 6) is 0.546. The van der Waals surface area contributed by atoms with Gasteiger partial charge in [-0.3, -0.25) is 0 Å². The lowest BCUT2D eigenvalue weighted by Crippen LogP contribution is -2.08. The summed E-state index contributed by atoms with van der Waals surface area (Å²) >= 11 is 11.8. The van der Waals surface area contributed by atoms with Gasteiger partial charge < -0.3 is 10.1 Å². The van der Waals surface area contributed by atoms with Gasteiger partial charge in [0.2, 0.25) is 0 Å². The van der Waals surface area contributed by atoms with Crippen molar-refractivity contribution in [1.29, 1.82) is 0 Å². The van der Waals surface area contributed by atoms with Crippen molar-refractivity contribution in [3.8, 4) is 11.5 Å². The molecule has 0 spiro atoms. The van der Waals surface area contributed by atoms with E-state index in [1.165, 1.54) is 6.07 Å². The van der Waals surface area contributed by atoms with E-state index < -0.39 is 0 Å². The summed E-state index contributed by atoms with van der Waals surface area (Å²) in [5, 5.41) is 3.80. The average molecular weight is 300 g/mol. The van der Waals surface area contributed by atoms with Gasteiger partial charge in [0.25, 0.3) is 0 Å². The van der Waals surface area contributed by atoms with Gasteiger partial charge in [-0.05, 0) is 37.4 Å². The summed E-state index contributed by atoms with van der Waals surface area (Å²) < 4.78 is 19.4. The standard InChI is InChI=1S/C14H12Cl2FNO/c1-18-8-10-12(17)3-2-4-13(10)19-14-6-5-9(15)7-11(14)16/h2-7,18H,8H2,1H3. The summed E-state index contributed by atoms with van der Waals surface area (Å²) in [5.41, 5.74) is 0.455. The van der Waals surface area contributed by atoms with Crippen molar-refractivity contribution in [3.05, 3.63) is 57.8 Å². The topological polar surface area (TPSA) is 21.3 Å². The summed E-state index contributed by atoms with van der Waals surface area (Å²) in [7, 11) is 1.74. The lowest BCUT2D eigenvalue weighted by Gasteiger charge is -2.12. The van der Waals surface area contributed by atoms with Crippen LogP contribution in [0.1, 0.15) is 5.56 Å². The highest BCUT2D eigenvalue weighted by atomic mass is 35.5. The van der Waals surface area contributed by atoms with Crippen LogP contribution in [0.3, 0.4) is 0 Å². The molecular formula is C14H12Cl2FNO. The molecule has 0 radical (unpaired) electrons. The predicted molar refractivity (Wildman–Crippen MR) is 75.7 cm³/mol. The van der Waals surface area contributed by atoms with Crippen molar-refractivity contribution in [2.45, 2.75) is 6.54 Å². The van der Waals surface area contributed by atoms with Gasteiger partial charge in [0.15, 0.2) is 0 Å². The van der Waals surface area contributed by atoms with Crippen LogP contribution in [0.4, 0.5) is 4.39 Å². The minimum Gasteiger partial charge on any atom is -0.455 e. The molecule has 0 bridgehead atoms. The molecule has 1 N–H and O–H groups in total. The van der Waals surface area contributed by atoms with Crippen molar-refractivity contribution >= 4 is 23.2 Å². The van der Waals surface area contributed by atoms with Crippen LogP contribution in [0.15, 0.2) is 36.4 Å². The number of benzene rings is 2. The van der Waals surface area contributed by atoms with Crippen molar-refractivity contribution in [1.82, 2.24) is 5.32 Å². The molecule has 0 saturated heterocycles. The second-order valence-electron chi connectivity index (χ2n) is 3.92. The minimum absolute atomic E-state index is 0.322. The second kappa shape index (κ2) is 6.24. The quantitative estimate of drug-likeness (QED) is 0.888. The fourth-order valence-electron chi connectivity index (χ4n) is 1.66. The molecule has 0 atom stereocenters. The fourth-order valence-corrected chi connectivity index (χ4v) is 2.11. The molecule has 0 aromatic heterocycles. The van der Waals surface area contributed by atoms with Gasteiger partial charge in [0.05, 0.1) is 5.02 Å². The Hall–Kier alpha value is -1.29. The Kier molecular flexibility index (Phi) is 4.64. The van der Waals surface area contributed by atoms with Crippen LogP contribution in [0, 0.1) is 5.82 Å². The Morgan fingerprint density at radius 3 is 2.63 bits per heavy atom. The summed E-state index contributed by atoms with van der Waals surface area (Å²) in [4.78, 5) is 0. The normalized spacial score (nSPS) is 10.5. The van der Waals surface area contributed by atoms with E-state index in [9.17, 15) is 4.39 Å². The van der Waals surface area contributed by atoms with Crippen LogP contribution >= 0.6 is 23.2 Å². The summed E-state index contributed by atoms with van der Waals surface area (Å²) in [6.07, 6.45) is 0. The van der Waals surface area contributed by atoms with Gasteiger partial charge in [-0.2, -0.15) is 0 Å². The lowest BCUT2D eigenvalue weighted by molar-refractivity contribution is 0.464. The van der Waals surface area contributed by atoms with Crippen molar-refractivity contribution in [3.63, 3.8) is 0 Å². The van der Waals surface area contributed by atoms with Crippen LogP contribution in [-0.2, 0) is 6.54 Å². The minimum atomic E-state index is -0.322. The SMILES string of the molecule is CNCc1c(F)cccc1Oc1ccc(Cl)cc1Cl. The summed E-state index contributed by atoms with van der Waals surface area (Å²) in [6.45, 7) is 0.368.